The normalized spacial score (nSPS) is 19.6. The number of rotatable bonds is 3. The van der Waals surface area contributed by atoms with Crippen LogP contribution in [0.5, 0.6) is 0 Å². The third-order valence-corrected chi connectivity index (χ3v) is 4.03. The van der Waals surface area contributed by atoms with Crippen LogP contribution in [-0.4, -0.2) is 60.5 Å². The van der Waals surface area contributed by atoms with Crippen LogP contribution in [0.15, 0.2) is 6.07 Å². The molecule has 0 bridgehead atoms. The Morgan fingerprint density at radius 2 is 1.50 bits per heavy atom. The SMILES string of the molecule is Cc1nc(N2CCCC2)cc(N2CCN(C=O)CC2)n1. The molecule has 1 amide bonds. The maximum atomic E-state index is 10.8. The first kappa shape index (κ1) is 13.1. The van der Waals surface area contributed by atoms with Crippen LogP contribution in [0, 0.1) is 6.92 Å². The highest BCUT2D eigenvalue weighted by molar-refractivity contribution is 5.53. The molecule has 6 heteroatoms. The molecule has 2 aliphatic rings. The molecule has 3 rings (SSSR count). The minimum atomic E-state index is 0.769. The maximum Gasteiger partial charge on any atom is 0.209 e. The van der Waals surface area contributed by atoms with Crippen molar-refractivity contribution in [3.8, 4) is 0 Å². The van der Waals surface area contributed by atoms with Gasteiger partial charge in [0.05, 0.1) is 0 Å². The second-order valence-corrected chi connectivity index (χ2v) is 5.45. The van der Waals surface area contributed by atoms with E-state index in [1.807, 2.05) is 11.8 Å². The summed E-state index contributed by atoms with van der Waals surface area (Å²) >= 11 is 0. The monoisotopic (exact) mass is 275 g/mol. The average molecular weight is 275 g/mol. The number of piperazine rings is 1. The zero-order valence-corrected chi connectivity index (χ0v) is 12.0. The first-order valence-electron chi connectivity index (χ1n) is 7.31. The van der Waals surface area contributed by atoms with Gasteiger partial charge in [0.25, 0.3) is 0 Å². The molecular formula is C14H21N5O. The van der Waals surface area contributed by atoms with Crippen molar-refractivity contribution in [2.24, 2.45) is 0 Å². The highest BCUT2D eigenvalue weighted by atomic mass is 16.1. The van der Waals surface area contributed by atoms with Crippen molar-refractivity contribution in [3.05, 3.63) is 11.9 Å². The first-order valence-corrected chi connectivity index (χ1v) is 7.31. The molecule has 0 saturated carbocycles. The van der Waals surface area contributed by atoms with Crippen molar-refractivity contribution in [1.82, 2.24) is 14.9 Å². The Balaban J connectivity index is 1.77. The van der Waals surface area contributed by atoms with E-state index in [2.05, 4.69) is 25.8 Å². The van der Waals surface area contributed by atoms with Gasteiger partial charge in [-0.2, -0.15) is 0 Å². The summed E-state index contributed by atoms with van der Waals surface area (Å²) in [7, 11) is 0. The Morgan fingerprint density at radius 1 is 0.950 bits per heavy atom. The molecule has 2 aliphatic heterocycles. The van der Waals surface area contributed by atoms with Gasteiger partial charge < -0.3 is 14.7 Å². The van der Waals surface area contributed by atoms with Gasteiger partial charge in [0.1, 0.15) is 17.5 Å². The average Bonchev–Trinajstić information content (AvgIpc) is 3.01. The fraction of sp³-hybridized carbons (Fsp3) is 0.643. The largest absolute Gasteiger partial charge is 0.356 e. The van der Waals surface area contributed by atoms with E-state index in [0.29, 0.717) is 0 Å². The molecule has 0 unspecified atom stereocenters. The van der Waals surface area contributed by atoms with Gasteiger partial charge in [0.15, 0.2) is 0 Å². The van der Waals surface area contributed by atoms with Gasteiger partial charge in [-0.3, -0.25) is 4.79 Å². The predicted octanol–water partition coefficient (Wildman–Crippen LogP) is 0.664. The number of carbonyl (C=O) groups is 1. The summed E-state index contributed by atoms with van der Waals surface area (Å²) in [5, 5.41) is 0. The Morgan fingerprint density at radius 3 is 2.05 bits per heavy atom. The molecule has 2 fully saturated rings. The smallest absolute Gasteiger partial charge is 0.209 e. The molecule has 2 saturated heterocycles. The standard InChI is InChI=1S/C14H21N5O/c1-12-15-13(18-4-2-3-5-18)10-14(16-12)19-8-6-17(11-20)7-9-19/h10-11H,2-9H2,1H3. The van der Waals surface area contributed by atoms with Crippen LogP contribution < -0.4 is 9.80 Å². The molecule has 0 aliphatic carbocycles. The minimum absolute atomic E-state index is 0.769. The van der Waals surface area contributed by atoms with Crippen LogP contribution in [0.1, 0.15) is 18.7 Å². The zero-order valence-electron chi connectivity index (χ0n) is 12.0. The van der Waals surface area contributed by atoms with E-state index in [4.69, 9.17) is 0 Å². The summed E-state index contributed by atoms with van der Waals surface area (Å²) in [6.45, 7) is 7.36. The number of aryl methyl sites for hydroxylation is 1. The van der Waals surface area contributed by atoms with Crippen LogP contribution in [0.2, 0.25) is 0 Å². The molecule has 6 nitrogen and oxygen atoms in total. The van der Waals surface area contributed by atoms with Crippen molar-refractivity contribution >= 4 is 18.0 Å². The van der Waals surface area contributed by atoms with Crippen molar-refractivity contribution in [2.75, 3.05) is 49.1 Å². The third kappa shape index (κ3) is 2.69. The lowest BCUT2D eigenvalue weighted by Gasteiger charge is -2.33. The van der Waals surface area contributed by atoms with Gasteiger partial charge >= 0.3 is 0 Å². The highest BCUT2D eigenvalue weighted by Crippen LogP contribution is 2.23. The van der Waals surface area contributed by atoms with E-state index in [0.717, 1.165) is 63.1 Å². The van der Waals surface area contributed by atoms with Gasteiger partial charge in [-0.15, -0.1) is 0 Å². The van der Waals surface area contributed by atoms with Crippen LogP contribution in [-0.2, 0) is 4.79 Å². The van der Waals surface area contributed by atoms with Crippen molar-refractivity contribution in [3.63, 3.8) is 0 Å². The second-order valence-electron chi connectivity index (χ2n) is 5.45. The maximum absolute atomic E-state index is 10.8. The molecule has 0 spiro atoms. The Kier molecular flexibility index (Phi) is 3.71. The number of carbonyl (C=O) groups excluding carboxylic acids is 1. The second kappa shape index (κ2) is 5.64. The lowest BCUT2D eigenvalue weighted by Crippen LogP contribution is -2.46. The van der Waals surface area contributed by atoms with E-state index >= 15 is 0 Å². The molecule has 0 aromatic carbocycles. The van der Waals surface area contributed by atoms with Gasteiger partial charge in [-0.25, -0.2) is 9.97 Å². The lowest BCUT2D eigenvalue weighted by atomic mass is 10.3. The summed E-state index contributed by atoms with van der Waals surface area (Å²) in [6.07, 6.45) is 3.42. The fourth-order valence-corrected chi connectivity index (χ4v) is 2.86. The van der Waals surface area contributed by atoms with E-state index in [-0.39, 0.29) is 0 Å². The number of hydrogen-bond donors (Lipinski definition) is 0. The summed E-state index contributed by atoms with van der Waals surface area (Å²) in [6, 6.07) is 2.09. The number of amides is 1. The van der Waals surface area contributed by atoms with E-state index in [1.54, 1.807) is 0 Å². The van der Waals surface area contributed by atoms with E-state index in [1.165, 1.54) is 12.8 Å². The van der Waals surface area contributed by atoms with Crippen LogP contribution >= 0.6 is 0 Å². The van der Waals surface area contributed by atoms with Crippen molar-refractivity contribution in [1.29, 1.82) is 0 Å². The molecule has 3 heterocycles. The van der Waals surface area contributed by atoms with Crippen LogP contribution in [0.4, 0.5) is 11.6 Å². The Hall–Kier alpha value is -1.85. The van der Waals surface area contributed by atoms with Crippen LogP contribution in [0.3, 0.4) is 0 Å². The van der Waals surface area contributed by atoms with Gasteiger partial charge in [-0.1, -0.05) is 0 Å². The number of hydrogen-bond acceptors (Lipinski definition) is 5. The Labute approximate surface area is 119 Å². The van der Waals surface area contributed by atoms with E-state index in [9.17, 15) is 4.79 Å². The summed E-state index contributed by atoms with van der Waals surface area (Å²) in [4.78, 5) is 26.3. The van der Waals surface area contributed by atoms with Crippen molar-refractivity contribution in [2.45, 2.75) is 19.8 Å². The molecule has 1 aromatic heterocycles. The third-order valence-electron chi connectivity index (χ3n) is 4.03. The fourth-order valence-electron chi connectivity index (χ4n) is 2.86. The summed E-state index contributed by atoms with van der Waals surface area (Å²) in [5.41, 5.74) is 0. The molecule has 108 valence electrons. The first-order chi connectivity index (χ1) is 9.76. The molecule has 20 heavy (non-hydrogen) atoms. The molecule has 0 atom stereocenters. The van der Waals surface area contributed by atoms with Gasteiger partial charge in [0.2, 0.25) is 6.41 Å². The van der Waals surface area contributed by atoms with Crippen molar-refractivity contribution < 1.29 is 4.79 Å². The number of aromatic nitrogens is 2. The van der Waals surface area contributed by atoms with Crippen LogP contribution in [0.25, 0.3) is 0 Å². The molecule has 1 aromatic rings. The lowest BCUT2D eigenvalue weighted by molar-refractivity contribution is -0.118. The van der Waals surface area contributed by atoms with Gasteiger partial charge in [0, 0.05) is 45.3 Å². The topological polar surface area (TPSA) is 52.6 Å². The summed E-state index contributed by atoms with van der Waals surface area (Å²) in [5.74, 6) is 2.86. The molecule has 0 radical (unpaired) electrons. The predicted molar refractivity (Wildman–Crippen MR) is 78.1 cm³/mol. The summed E-state index contributed by atoms with van der Waals surface area (Å²) < 4.78 is 0. The minimum Gasteiger partial charge on any atom is -0.356 e. The van der Waals surface area contributed by atoms with E-state index < -0.39 is 0 Å². The molecular weight excluding hydrogens is 254 g/mol. The number of anilines is 2. The highest BCUT2D eigenvalue weighted by Gasteiger charge is 2.20. The zero-order chi connectivity index (χ0) is 13.9. The molecule has 0 N–H and O–H groups in total. The quantitative estimate of drug-likeness (QED) is 0.759. The van der Waals surface area contributed by atoms with Gasteiger partial charge in [-0.05, 0) is 19.8 Å². The Bertz CT molecular complexity index is 478. The number of nitrogens with zero attached hydrogens (tertiary/aromatic N) is 5.